The fourth-order valence-electron chi connectivity index (χ4n) is 3.20. The summed E-state index contributed by atoms with van der Waals surface area (Å²) in [5.74, 6) is 0.144. The van der Waals surface area contributed by atoms with Crippen LogP contribution < -0.4 is 10.6 Å². The largest absolute Gasteiger partial charge is 0.379 e. The molecule has 5 nitrogen and oxygen atoms in total. The van der Waals surface area contributed by atoms with Crippen LogP contribution in [0, 0.1) is 5.92 Å². The Bertz CT molecular complexity index is 303. The molecule has 0 aromatic carbocycles. The van der Waals surface area contributed by atoms with Gasteiger partial charge in [-0.05, 0) is 32.4 Å². The highest BCUT2D eigenvalue weighted by molar-refractivity contribution is 5.80. The number of likely N-dealkylation sites (tertiary alicyclic amines) is 1. The van der Waals surface area contributed by atoms with Crippen molar-refractivity contribution in [3.63, 3.8) is 0 Å². The molecule has 0 saturated carbocycles. The lowest BCUT2D eigenvalue weighted by Crippen LogP contribution is -2.50. The molecule has 2 saturated heterocycles. The zero-order valence-electron chi connectivity index (χ0n) is 12.9. The summed E-state index contributed by atoms with van der Waals surface area (Å²) >= 11 is 0. The second kappa shape index (κ2) is 7.96. The first-order valence-corrected chi connectivity index (χ1v) is 8.08. The molecule has 2 N–H and O–H groups in total. The van der Waals surface area contributed by atoms with Gasteiger partial charge in [-0.25, -0.2) is 0 Å². The minimum atomic E-state index is -0.0244. The molecule has 20 heavy (non-hydrogen) atoms. The molecule has 0 aromatic heterocycles. The molecule has 0 bridgehead atoms. The molecular weight excluding hydrogens is 254 g/mol. The van der Waals surface area contributed by atoms with Gasteiger partial charge in [-0.3, -0.25) is 4.79 Å². The zero-order chi connectivity index (χ0) is 14.4. The van der Waals surface area contributed by atoms with Gasteiger partial charge in [-0.1, -0.05) is 13.8 Å². The first-order valence-electron chi connectivity index (χ1n) is 8.08. The molecule has 0 aliphatic carbocycles. The highest BCUT2D eigenvalue weighted by Gasteiger charge is 2.34. The minimum absolute atomic E-state index is 0.0244. The van der Waals surface area contributed by atoms with Crippen LogP contribution in [-0.4, -0.2) is 62.3 Å². The number of hydrogen-bond donors (Lipinski definition) is 2. The van der Waals surface area contributed by atoms with E-state index in [1.165, 1.54) is 13.0 Å². The summed E-state index contributed by atoms with van der Waals surface area (Å²) in [6.45, 7) is 9.77. The van der Waals surface area contributed by atoms with Gasteiger partial charge in [0.05, 0.1) is 19.1 Å². The number of carbonyl (C=O) groups excluding carboxylic acids is 1. The molecule has 2 aliphatic heterocycles. The van der Waals surface area contributed by atoms with Crippen molar-refractivity contribution in [3.8, 4) is 0 Å². The van der Waals surface area contributed by atoms with Gasteiger partial charge in [0.15, 0.2) is 0 Å². The maximum Gasteiger partial charge on any atom is 0.227 e. The molecule has 0 radical (unpaired) electrons. The number of nitrogens with one attached hydrogen (secondary N) is 2. The van der Waals surface area contributed by atoms with Crippen molar-refractivity contribution >= 4 is 5.91 Å². The molecule has 0 spiro atoms. The number of piperidine rings is 1. The molecule has 116 valence electrons. The summed E-state index contributed by atoms with van der Waals surface area (Å²) in [6.07, 6.45) is 3.36. The second-order valence-electron chi connectivity index (χ2n) is 5.93. The highest BCUT2D eigenvalue weighted by atomic mass is 16.5. The van der Waals surface area contributed by atoms with Gasteiger partial charge in [0, 0.05) is 25.2 Å². The summed E-state index contributed by atoms with van der Waals surface area (Å²) < 4.78 is 5.45. The molecule has 2 aliphatic rings. The van der Waals surface area contributed by atoms with Crippen molar-refractivity contribution in [1.82, 2.24) is 15.5 Å². The lowest BCUT2D eigenvalue weighted by atomic mass is 9.99. The normalized spacial score (nSPS) is 28.7. The third-order valence-electron chi connectivity index (χ3n) is 4.36. The van der Waals surface area contributed by atoms with Gasteiger partial charge < -0.3 is 20.3 Å². The van der Waals surface area contributed by atoms with Gasteiger partial charge in [-0.2, -0.15) is 0 Å². The number of rotatable bonds is 6. The van der Waals surface area contributed by atoms with Crippen molar-refractivity contribution < 1.29 is 9.53 Å². The molecule has 0 aromatic rings. The van der Waals surface area contributed by atoms with Gasteiger partial charge >= 0.3 is 0 Å². The van der Waals surface area contributed by atoms with Crippen molar-refractivity contribution in [3.05, 3.63) is 0 Å². The van der Waals surface area contributed by atoms with Crippen LogP contribution in [0.25, 0.3) is 0 Å². The molecule has 2 unspecified atom stereocenters. The highest BCUT2D eigenvalue weighted by Crippen LogP contribution is 2.16. The van der Waals surface area contributed by atoms with Crippen LogP contribution in [0.5, 0.6) is 0 Å². The Kier molecular flexibility index (Phi) is 6.26. The van der Waals surface area contributed by atoms with Gasteiger partial charge in [0.2, 0.25) is 5.91 Å². The Morgan fingerprint density at radius 2 is 2.00 bits per heavy atom. The standard InChI is InChI=1S/C15H29N3O2/c1-3-7-18-8-5-12(6-9-18)17-15(19)13-10-20-11-14(13)16-4-2/h12-14,16H,3-11H2,1-2H3,(H,17,19). The predicted octanol–water partition coefficient (Wildman–Crippen LogP) is 0.602. The van der Waals surface area contributed by atoms with Crippen LogP contribution in [-0.2, 0) is 9.53 Å². The van der Waals surface area contributed by atoms with Crippen LogP contribution in [0.3, 0.4) is 0 Å². The van der Waals surface area contributed by atoms with Crippen LogP contribution in [0.2, 0.25) is 0 Å². The Morgan fingerprint density at radius 3 is 2.65 bits per heavy atom. The number of ether oxygens (including phenoxy) is 1. The number of nitrogens with zero attached hydrogens (tertiary/aromatic N) is 1. The zero-order valence-corrected chi connectivity index (χ0v) is 12.9. The average molecular weight is 283 g/mol. The maximum absolute atomic E-state index is 12.4. The van der Waals surface area contributed by atoms with Crippen LogP contribution >= 0.6 is 0 Å². The summed E-state index contributed by atoms with van der Waals surface area (Å²) in [5, 5.41) is 6.57. The minimum Gasteiger partial charge on any atom is -0.379 e. The monoisotopic (exact) mass is 283 g/mol. The first kappa shape index (κ1) is 15.7. The lowest BCUT2D eigenvalue weighted by molar-refractivity contribution is -0.126. The second-order valence-corrected chi connectivity index (χ2v) is 5.93. The number of carbonyl (C=O) groups is 1. The SMILES string of the molecule is CCCN1CCC(NC(=O)C2COCC2NCC)CC1. The van der Waals surface area contributed by atoms with E-state index >= 15 is 0 Å². The van der Waals surface area contributed by atoms with Gasteiger partial charge in [0.25, 0.3) is 0 Å². The van der Waals surface area contributed by atoms with E-state index in [-0.39, 0.29) is 17.9 Å². The van der Waals surface area contributed by atoms with E-state index in [0.29, 0.717) is 19.3 Å². The molecule has 2 heterocycles. The Labute approximate surface area is 122 Å². The van der Waals surface area contributed by atoms with E-state index in [2.05, 4.69) is 29.4 Å². The Morgan fingerprint density at radius 1 is 1.25 bits per heavy atom. The molecule has 1 amide bonds. The topological polar surface area (TPSA) is 53.6 Å². The van der Waals surface area contributed by atoms with E-state index < -0.39 is 0 Å². The lowest BCUT2D eigenvalue weighted by Gasteiger charge is -2.32. The van der Waals surface area contributed by atoms with Crippen molar-refractivity contribution in [2.75, 3.05) is 39.4 Å². The fraction of sp³-hybridized carbons (Fsp3) is 0.933. The smallest absolute Gasteiger partial charge is 0.227 e. The molecule has 2 atom stereocenters. The number of hydrogen-bond acceptors (Lipinski definition) is 4. The quantitative estimate of drug-likeness (QED) is 0.749. The average Bonchev–Trinajstić information content (AvgIpc) is 2.90. The predicted molar refractivity (Wildman–Crippen MR) is 79.7 cm³/mol. The van der Waals surface area contributed by atoms with Crippen LogP contribution in [0.4, 0.5) is 0 Å². The molecule has 2 fully saturated rings. The van der Waals surface area contributed by atoms with E-state index in [1.807, 2.05) is 0 Å². The van der Waals surface area contributed by atoms with Gasteiger partial charge in [0.1, 0.15) is 0 Å². The Balaban J connectivity index is 1.74. The third kappa shape index (κ3) is 4.17. The van der Waals surface area contributed by atoms with E-state index in [1.54, 1.807) is 0 Å². The summed E-state index contributed by atoms with van der Waals surface area (Å²) in [6, 6.07) is 0.527. The van der Waals surface area contributed by atoms with Crippen molar-refractivity contribution in [2.24, 2.45) is 5.92 Å². The van der Waals surface area contributed by atoms with Gasteiger partial charge in [-0.15, -0.1) is 0 Å². The van der Waals surface area contributed by atoms with Crippen LogP contribution in [0.1, 0.15) is 33.1 Å². The fourth-order valence-corrected chi connectivity index (χ4v) is 3.20. The molecular formula is C15H29N3O2. The van der Waals surface area contributed by atoms with E-state index in [9.17, 15) is 4.79 Å². The number of likely N-dealkylation sites (N-methyl/N-ethyl adjacent to an activating group) is 1. The molecule has 5 heteroatoms. The first-order chi connectivity index (χ1) is 9.74. The summed E-state index contributed by atoms with van der Waals surface area (Å²) in [4.78, 5) is 14.9. The maximum atomic E-state index is 12.4. The molecule has 2 rings (SSSR count). The van der Waals surface area contributed by atoms with Crippen molar-refractivity contribution in [1.29, 1.82) is 0 Å². The summed E-state index contributed by atoms with van der Waals surface area (Å²) in [5.41, 5.74) is 0. The number of amides is 1. The third-order valence-corrected chi connectivity index (χ3v) is 4.36. The van der Waals surface area contributed by atoms with Crippen LogP contribution in [0.15, 0.2) is 0 Å². The summed E-state index contributed by atoms with van der Waals surface area (Å²) in [7, 11) is 0. The van der Waals surface area contributed by atoms with E-state index in [4.69, 9.17) is 4.74 Å². The Hall–Kier alpha value is -0.650. The van der Waals surface area contributed by atoms with E-state index in [0.717, 1.165) is 32.5 Å². The van der Waals surface area contributed by atoms with Crippen molar-refractivity contribution in [2.45, 2.75) is 45.2 Å².